The highest BCUT2D eigenvalue weighted by Gasteiger charge is 2.26. The molecule has 1 unspecified atom stereocenters. The Morgan fingerprint density at radius 2 is 2.23 bits per heavy atom. The van der Waals surface area contributed by atoms with Crippen molar-refractivity contribution in [3.63, 3.8) is 0 Å². The zero-order valence-corrected chi connectivity index (χ0v) is 18.5. The Balaban J connectivity index is 2.26. The number of methoxy groups -OCH3 is 1. The standard InChI is InChI=1S/C17H21FINO4S2/c1-11(9-15(19)21)10-20(2)26(22,23)16-8-7-14(25-16)12-5-4-6-13(24-3)17(12)18/h5,7-9,15,21H,4,6,10H2,1-3H3/b11-9+. The summed E-state index contributed by atoms with van der Waals surface area (Å²) in [6, 6.07) is 3.11. The molecule has 0 aromatic carbocycles. The van der Waals surface area contributed by atoms with Crippen molar-refractivity contribution in [2.75, 3.05) is 20.7 Å². The van der Waals surface area contributed by atoms with Crippen molar-refractivity contribution in [1.82, 2.24) is 4.31 Å². The van der Waals surface area contributed by atoms with Gasteiger partial charge < -0.3 is 9.84 Å². The summed E-state index contributed by atoms with van der Waals surface area (Å²) in [5.41, 5.74) is 1.12. The highest BCUT2D eigenvalue weighted by Crippen LogP contribution is 2.38. The van der Waals surface area contributed by atoms with Gasteiger partial charge in [-0.25, -0.2) is 12.8 Å². The Bertz CT molecular complexity index is 856. The number of halogens is 2. The maximum Gasteiger partial charge on any atom is 0.252 e. The number of sulfonamides is 1. The van der Waals surface area contributed by atoms with Gasteiger partial charge in [-0.05, 0) is 54.1 Å². The van der Waals surface area contributed by atoms with Crippen molar-refractivity contribution in [3.8, 4) is 0 Å². The van der Waals surface area contributed by atoms with Crippen LogP contribution in [0.1, 0.15) is 24.6 Å². The molecule has 144 valence electrons. The van der Waals surface area contributed by atoms with Crippen LogP contribution in [0.25, 0.3) is 5.57 Å². The van der Waals surface area contributed by atoms with E-state index in [1.807, 2.05) is 22.6 Å². The number of hydrogen-bond donors (Lipinski definition) is 1. The largest absolute Gasteiger partial charge is 0.498 e. The summed E-state index contributed by atoms with van der Waals surface area (Å²) in [4.78, 5) is 0.554. The van der Waals surface area contributed by atoms with Crippen LogP contribution in [0.2, 0.25) is 0 Å². The minimum absolute atomic E-state index is 0.149. The molecule has 1 heterocycles. The summed E-state index contributed by atoms with van der Waals surface area (Å²) >= 11 is 2.86. The van der Waals surface area contributed by atoms with Crippen LogP contribution >= 0.6 is 33.9 Å². The summed E-state index contributed by atoms with van der Waals surface area (Å²) in [7, 11) is -0.783. The zero-order valence-electron chi connectivity index (χ0n) is 14.7. The third-order valence-electron chi connectivity index (χ3n) is 3.85. The molecule has 1 aromatic rings. The topological polar surface area (TPSA) is 66.8 Å². The lowest BCUT2D eigenvalue weighted by Gasteiger charge is -2.17. The third-order valence-corrected chi connectivity index (χ3v) is 7.60. The Morgan fingerprint density at radius 1 is 1.54 bits per heavy atom. The highest BCUT2D eigenvalue weighted by atomic mass is 127. The van der Waals surface area contributed by atoms with E-state index in [0.29, 0.717) is 23.3 Å². The molecule has 0 radical (unpaired) electrons. The van der Waals surface area contributed by atoms with Crippen LogP contribution in [0.15, 0.2) is 45.7 Å². The van der Waals surface area contributed by atoms with Gasteiger partial charge in [0.25, 0.3) is 10.0 Å². The van der Waals surface area contributed by atoms with E-state index < -0.39 is 20.0 Å². The summed E-state index contributed by atoms with van der Waals surface area (Å²) in [5.74, 6) is -0.150. The van der Waals surface area contributed by atoms with Crippen molar-refractivity contribution >= 4 is 49.5 Å². The quantitative estimate of drug-likeness (QED) is 0.339. The van der Waals surface area contributed by atoms with Crippen LogP contribution in [0.3, 0.4) is 0 Å². The second-order valence-corrected chi connectivity index (χ2v) is 10.5. The predicted octanol–water partition coefficient (Wildman–Crippen LogP) is 4.07. The third kappa shape index (κ3) is 4.94. The van der Waals surface area contributed by atoms with Crippen LogP contribution in [0, 0.1) is 0 Å². The average molecular weight is 513 g/mol. The molecular weight excluding hydrogens is 492 g/mol. The van der Waals surface area contributed by atoms with E-state index in [4.69, 9.17) is 4.74 Å². The molecule has 0 bridgehead atoms. The molecule has 26 heavy (non-hydrogen) atoms. The first kappa shape index (κ1) is 21.5. The predicted molar refractivity (Wildman–Crippen MR) is 110 cm³/mol. The summed E-state index contributed by atoms with van der Waals surface area (Å²) < 4.78 is 45.7. The monoisotopic (exact) mass is 513 g/mol. The molecule has 0 aliphatic heterocycles. The van der Waals surface area contributed by atoms with E-state index in [-0.39, 0.29) is 16.5 Å². The number of thiophene rings is 1. The minimum Gasteiger partial charge on any atom is -0.498 e. The first-order chi connectivity index (χ1) is 12.2. The number of likely N-dealkylation sites (N-methyl/N-ethyl adjacent to an activating group) is 1. The fourth-order valence-electron chi connectivity index (χ4n) is 2.58. The maximum atomic E-state index is 14.5. The van der Waals surface area contributed by atoms with Gasteiger partial charge in [-0.15, -0.1) is 11.3 Å². The van der Waals surface area contributed by atoms with E-state index in [0.717, 1.165) is 16.9 Å². The molecule has 5 nitrogen and oxygen atoms in total. The fraction of sp³-hybridized carbons (Fsp3) is 0.412. The number of allylic oxidation sites excluding steroid dienone is 4. The van der Waals surface area contributed by atoms with Crippen LogP contribution < -0.4 is 0 Å². The molecule has 1 aliphatic carbocycles. The van der Waals surface area contributed by atoms with Gasteiger partial charge in [0.05, 0.1) is 7.11 Å². The highest BCUT2D eigenvalue weighted by molar-refractivity contribution is 14.1. The number of hydrogen-bond acceptors (Lipinski definition) is 5. The molecule has 1 N–H and O–H groups in total. The van der Waals surface area contributed by atoms with E-state index >= 15 is 0 Å². The maximum absolute atomic E-state index is 14.5. The average Bonchev–Trinajstić information content (AvgIpc) is 3.04. The van der Waals surface area contributed by atoms with E-state index in [9.17, 15) is 17.9 Å². The van der Waals surface area contributed by atoms with Crippen LogP contribution in [0.5, 0.6) is 0 Å². The number of rotatable bonds is 7. The molecular formula is C17H21FINO4S2. The van der Waals surface area contributed by atoms with Gasteiger partial charge >= 0.3 is 0 Å². The SMILES string of the molecule is COC1=C(F)C(c2ccc(S(=O)(=O)N(C)C/C(C)=C/C(O)I)s2)=CCC1. The van der Waals surface area contributed by atoms with Crippen molar-refractivity contribution in [3.05, 3.63) is 46.3 Å². The molecule has 1 aromatic heterocycles. The van der Waals surface area contributed by atoms with Gasteiger partial charge in [0.2, 0.25) is 0 Å². The van der Waals surface area contributed by atoms with Crippen molar-refractivity contribution in [2.45, 2.75) is 28.1 Å². The lowest BCUT2D eigenvalue weighted by molar-refractivity contribution is 0.263. The lowest BCUT2D eigenvalue weighted by Crippen LogP contribution is -2.28. The van der Waals surface area contributed by atoms with Gasteiger partial charge in [0, 0.05) is 30.5 Å². The zero-order chi connectivity index (χ0) is 19.5. The van der Waals surface area contributed by atoms with Gasteiger partial charge in [0.15, 0.2) is 5.83 Å². The number of aliphatic hydroxyl groups is 1. The van der Waals surface area contributed by atoms with Crippen molar-refractivity contribution in [1.29, 1.82) is 0 Å². The Kier molecular flexibility index (Phi) is 7.43. The molecule has 1 aliphatic rings. The smallest absolute Gasteiger partial charge is 0.252 e. The van der Waals surface area contributed by atoms with Crippen molar-refractivity contribution < 1.29 is 22.7 Å². The van der Waals surface area contributed by atoms with E-state index in [1.165, 1.54) is 24.5 Å². The Labute approximate surface area is 171 Å². The number of aliphatic hydroxyl groups excluding tert-OH is 1. The van der Waals surface area contributed by atoms with Crippen LogP contribution in [-0.2, 0) is 14.8 Å². The minimum atomic E-state index is -3.69. The van der Waals surface area contributed by atoms with Crippen molar-refractivity contribution in [2.24, 2.45) is 0 Å². The molecule has 0 fully saturated rings. The van der Waals surface area contributed by atoms with Gasteiger partial charge in [-0.2, -0.15) is 4.31 Å². The lowest BCUT2D eigenvalue weighted by atomic mass is 10.0. The van der Waals surface area contributed by atoms with Crippen LogP contribution in [-0.4, -0.2) is 42.6 Å². The van der Waals surface area contributed by atoms with Crippen LogP contribution in [0.4, 0.5) is 4.39 Å². The number of alkyl halides is 1. The second kappa shape index (κ2) is 8.96. The molecule has 0 saturated carbocycles. The van der Waals surface area contributed by atoms with E-state index in [2.05, 4.69) is 0 Å². The normalized spacial score (nSPS) is 17.5. The molecule has 2 rings (SSSR count). The molecule has 0 amide bonds. The van der Waals surface area contributed by atoms with E-state index in [1.54, 1.807) is 25.1 Å². The Hall–Kier alpha value is -0.750. The number of ether oxygens (including phenoxy) is 1. The first-order valence-electron chi connectivity index (χ1n) is 7.86. The summed E-state index contributed by atoms with van der Waals surface area (Å²) in [5, 5.41) is 9.36. The molecule has 9 heteroatoms. The summed E-state index contributed by atoms with van der Waals surface area (Å²) in [6.45, 7) is 1.92. The first-order valence-corrected chi connectivity index (χ1v) is 11.4. The summed E-state index contributed by atoms with van der Waals surface area (Å²) in [6.07, 6.45) is 4.50. The molecule has 0 saturated heterocycles. The number of nitrogens with zero attached hydrogens (tertiary/aromatic N) is 1. The van der Waals surface area contributed by atoms with Gasteiger partial charge in [0.1, 0.15) is 14.1 Å². The Morgan fingerprint density at radius 3 is 2.85 bits per heavy atom. The molecule has 1 atom stereocenters. The second-order valence-electron chi connectivity index (χ2n) is 5.86. The van der Waals surface area contributed by atoms with Gasteiger partial charge in [-0.3, -0.25) is 0 Å². The molecule has 0 spiro atoms. The fourth-order valence-corrected chi connectivity index (χ4v) is 5.96. The van der Waals surface area contributed by atoms with Gasteiger partial charge in [-0.1, -0.05) is 11.6 Å².